The maximum atomic E-state index is 12.7. The van der Waals surface area contributed by atoms with Crippen LogP contribution in [0.15, 0.2) is 97.2 Å². The van der Waals surface area contributed by atoms with E-state index >= 15 is 0 Å². The largest absolute Gasteiger partial charge is 0.462 e. The first-order valence-corrected chi connectivity index (χ1v) is 22.4. The summed E-state index contributed by atoms with van der Waals surface area (Å²) in [5.41, 5.74) is 0. The Bertz CT molecular complexity index is 1440. The van der Waals surface area contributed by atoms with Crippen molar-refractivity contribution in [3.05, 3.63) is 97.2 Å². The van der Waals surface area contributed by atoms with Crippen LogP contribution in [0.1, 0.15) is 117 Å². The van der Waals surface area contributed by atoms with Crippen molar-refractivity contribution in [2.45, 2.75) is 153 Å². The standard InChI is InChI=1S/C45H70O12S/c1-3-5-7-9-11-13-15-17-19-21-23-25-27-29-31-33-40(46)54-35-38(36-55-45-44(50)43(49)42(48)39(57-45)37-58(51,52)53)56-41(47)34-32-30-28-26-24-22-20-18-16-14-12-10-8-6-4-2/h5-8,11-14,17-20,24,26,30,32,38-39,42-45,48-50H,3-4,9-10,15-16,21-23,25,27-29,31,33-37H2,1-2H3,(H,51,52,53)/b7-5-,8-6-,13-11-,14-12-,19-17-,20-18-,26-24-,32-30-. The lowest BCUT2D eigenvalue weighted by Gasteiger charge is -2.40. The van der Waals surface area contributed by atoms with E-state index in [4.69, 9.17) is 18.9 Å². The molecule has 4 N–H and O–H groups in total. The Labute approximate surface area is 347 Å². The summed E-state index contributed by atoms with van der Waals surface area (Å²) >= 11 is 0. The Hall–Kier alpha value is -3.43. The molecule has 0 spiro atoms. The molecular formula is C45H70O12S. The summed E-state index contributed by atoms with van der Waals surface area (Å²) in [6.07, 6.45) is 36.3. The Kier molecular flexibility index (Phi) is 31.2. The zero-order valence-electron chi connectivity index (χ0n) is 34.6. The number of carbonyl (C=O) groups excluding carboxylic acids is 2. The summed E-state index contributed by atoms with van der Waals surface area (Å²) in [5, 5.41) is 30.8. The van der Waals surface area contributed by atoms with Crippen molar-refractivity contribution >= 4 is 22.1 Å². The van der Waals surface area contributed by atoms with Gasteiger partial charge in [0.2, 0.25) is 0 Å². The molecule has 0 bridgehead atoms. The van der Waals surface area contributed by atoms with Crippen molar-refractivity contribution in [1.82, 2.24) is 0 Å². The molecule has 1 saturated heterocycles. The lowest BCUT2D eigenvalue weighted by molar-refractivity contribution is -0.297. The number of esters is 2. The Morgan fingerprint density at radius 3 is 1.62 bits per heavy atom. The number of hydrogen-bond acceptors (Lipinski definition) is 11. The van der Waals surface area contributed by atoms with Crippen LogP contribution >= 0.6 is 0 Å². The first kappa shape index (κ1) is 52.6. The van der Waals surface area contributed by atoms with Gasteiger partial charge in [-0.25, -0.2) is 0 Å². The number of aliphatic hydroxyl groups is 3. The lowest BCUT2D eigenvalue weighted by Crippen LogP contribution is -2.60. The summed E-state index contributed by atoms with van der Waals surface area (Å²) in [6, 6.07) is 0. The van der Waals surface area contributed by atoms with Gasteiger partial charge in [-0.1, -0.05) is 130 Å². The van der Waals surface area contributed by atoms with E-state index < -0.39 is 71.2 Å². The van der Waals surface area contributed by atoms with Gasteiger partial charge in [-0.2, -0.15) is 8.42 Å². The molecule has 0 aromatic heterocycles. The van der Waals surface area contributed by atoms with Crippen LogP contribution in [0.4, 0.5) is 0 Å². The fourth-order valence-electron chi connectivity index (χ4n) is 5.53. The average molecular weight is 835 g/mol. The van der Waals surface area contributed by atoms with Crippen LogP contribution in [0.25, 0.3) is 0 Å². The smallest absolute Gasteiger partial charge is 0.310 e. The van der Waals surface area contributed by atoms with E-state index in [0.29, 0.717) is 12.8 Å². The van der Waals surface area contributed by atoms with E-state index in [1.165, 1.54) is 0 Å². The Morgan fingerprint density at radius 1 is 0.603 bits per heavy atom. The molecular weight excluding hydrogens is 765 g/mol. The van der Waals surface area contributed by atoms with Crippen molar-refractivity contribution in [3.63, 3.8) is 0 Å². The highest BCUT2D eigenvalue weighted by Crippen LogP contribution is 2.23. The fourth-order valence-corrected chi connectivity index (χ4v) is 6.22. The van der Waals surface area contributed by atoms with Crippen LogP contribution in [0.2, 0.25) is 0 Å². The third-order valence-corrected chi connectivity index (χ3v) is 9.44. The first-order chi connectivity index (χ1) is 28.0. The summed E-state index contributed by atoms with van der Waals surface area (Å²) in [6.45, 7) is 3.40. The van der Waals surface area contributed by atoms with Gasteiger partial charge in [0, 0.05) is 6.42 Å². The predicted molar refractivity (Wildman–Crippen MR) is 228 cm³/mol. The molecule has 0 saturated carbocycles. The third kappa shape index (κ3) is 28.9. The molecule has 6 unspecified atom stereocenters. The normalized spacial score (nSPS) is 21.4. The highest BCUT2D eigenvalue weighted by molar-refractivity contribution is 7.85. The quantitative estimate of drug-likeness (QED) is 0.0223. The summed E-state index contributed by atoms with van der Waals surface area (Å²) in [4.78, 5) is 25.3. The van der Waals surface area contributed by atoms with E-state index in [1.54, 1.807) is 6.08 Å². The zero-order valence-corrected chi connectivity index (χ0v) is 35.4. The monoisotopic (exact) mass is 834 g/mol. The molecule has 1 fully saturated rings. The maximum Gasteiger partial charge on any atom is 0.310 e. The van der Waals surface area contributed by atoms with Crippen LogP contribution in [0, 0.1) is 0 Å². The molecule has 1 heterocycles. The summed E-state index contributed by atoms with van der Waals surface area (Å²) in [5.74, 6) is -2.18. The van der Waals surface area contributed by atoms with Gasteiger partial charge < -0.3 is 34.3 Å². The molecule has 58 heavy (non-hydrogen) atoms. The van der Waals surface area contributed by atoms with Gasteiger partial charge in [-0.15, -0.1) is 0 Å². The minimum absolute atomic E-state index is 0.0777. The van der Waals surface area contributed by atoms with Gasteiger partial charge >= 0.3 is 11.9 Å². The summed E-state index contributed by atoms with van der Waals surface area (Å²) < 4.78 is 53.8. The van der Waals surface area contributed by atoms with Crippen LogP contribution in [0.5, 0.6) is 0 Å². The minimum atomic E-state index is -4.62. The predicted octanol–water partition coefficient (Wildman–Crippen LogP) is 7.88. The van der Waals surface area contributed by atoms with Crippen LogP contribution in [0.3, 0.4) is 0 Å². The highest BCUT2D eigenvalue weighted by Gasteiger charge is 2.46. The van der Waals surface area contributed by atoms with Gasteiger partial charge in [0.15, 0.2) is 12.4 Å². The van der Waals surface area contributed by atoms with Crippen molar-refractivity contribution in [2.24, 2.45) is 0 Å². The molecule has 0 aliphatic carbocycles. The minimum Gasteiger partial charge on any atom is -0.462 e. The van der Waals surface area contributed by atoms with Gasteiger partial charge in [0.05, 0.1) is 13.0 Å². The number of rotatable bonds is 32. The van der Waals surface area contributed by atoms with Crippen LogP contribution in [-0.4, -0.2) is 96.0 Å². The molecule has 0 radical (unpaired) electrons. The topological polar surface area (TPSA) is 186 Å². The molecule has 328 valence electrons. The number of hydrogen-bond donors (Lipinski definition) is 4. The zero-order chi connectivity index (χ0) is 42.7. The molecule has 1 aliphatic rings. The van der Waals surface area contributed by atoms with Crippen LogP contribution < -0.4 is 0 Å². The second-order valence-corrected chi connectivity index (χ2v) is 15.4. The maximum absolute atomic E-state index is 12.7. The van der Waals surface area contributed by atoms with E-state index in [0.717, 1.165) is 77.0 Å². The first-order valence-electron chi connectivity index (χ1n) is 20.8. The van der Waals surface area contributed by atoms with Gasteiger partial charge in [-0.05, 0) is 70.6 Å². The van der Waals surface area contributed by atoms with E-state index in [9.17, 15) is 37.9 Å². The molecule has 1 rings (SSSR count). The number of aliphatic hydroxyl groups excluding tert-OH is 3. The van der Waals surface area contributed by atoms with Gasteiger partial charge in [0.25, 0.3) is 10.1 Å². The number of carbonyl (C=O) groups is 2. The SMILES string of the molecule is CC/C=C\C/C=C\C/C=C\C/C=C\C/C=C\CC(=O)OC(COC(=O)CCCCCCC/C=C\C/C=C\C/C=C\CC)COC1OC(CS(=O)(=O)O)C(O)C(O)C1O. The second kappa shape index (κ2) is 34.4. The van der Waals surface area contributed by atoms with Crippen molar-refractivity contribution in [3.8, 4) is 0 Å². The summed E-state index contributed by atoms with van der Waals surface area (Å²) in [7, 11) is -4.62. The molecule has 12 nitrogen and oxygen atoms in total. The number of ether oxygens (including phenoxy) is 4. The van der Waals surface area contributed by atoms with E-state index in [1.807, 2.05) is 18.2 Å². The molecule has 0 aromatic rings. The lowest BCUT2D eigenvalue weighted by atomic mass is 10.00. The van der Waals surface area contributed by atoms with Crippen molar-refractivity contribution < 1.29 is 56.8 Å². The van der Waals surface area contributed by atoms with E-state index in [2.05, 4.69) is 86.8 Å². The van der Waals surface area contributed by atoms with Crippen LogP contribution in [-0.2, 0) is 38.7 Å². The fraction of sp³-hybridized carbons (Fsp3) is 0.600. The number of unbranched alkanes of at least 4 members (excludes halogenated alkanes) is 5. The van der Waals surface area contributed by atoms with Crippen molar-refractivity contribution in [2.75, 3.05) is 19.0 Å². The molecule has 13 heteroatoms. The molecule has 0 amide bonds. The Morgan fingerprint density at radius 2 is 1.09 bits per heavy atom. The number of allylic oxidation sites excluding steroid dienone is 15. The van der Waals surface area contributed by atoms with Crippen molar-refractivity contribution in [1.29, 1.82) is 0 Å². The molecule has 0 aromatic carbocycles. The van der Waals surface area contributed by atoms with E-state index in [-0.39, 0.29) is 19.4 Å². The average Bonchev–Trinajstić information content (AvgIpc) is 3.18. The van der Waals surface area contributed by atoms with Gasteiger partial charge in [-0.3, -0.25) is 14.1 Å². The second-order valence-electron chi connectivity index (χ2n) is 13.9. The molecule has 1 aliphatic heterocycles. The molecule has 6 atom stereocenters. The third-order valence-electron chi connectivity index (χ3n) is 8.69. The van der Waals surface area contributed by atoms with Gasteiger partial charge in [0.1, 0.15) is 36.8 Å². The highest BCUT2D eigenvalue weighted by atomic mass is 32.2. The Balaban J connectivity index is 2.57.